The first-order valence-electron chi connectivity index (χ1n) is 9.57. The van der Waals surface area contributed by atoms with Crippen molar-refractivity contribution >= 4 is 35.0 Å². The Bertz CT molecular complexity index is 1010. The number of anilines is 2. The van der Waals surface area contributed by atoms with Gasteiger partial charge in [0.25, 0.3) is 11.8 Å². The summed E-state index contributed by atoms with van der Waals surface area (Å²) in [6.45, 7) is 4.10. The molecule has 7 nitrogen and oxygen atoms in total. The van der Waals surface area contributed by atoms with Gasteiger partial charge in [0, 0.05) is 24.3 Å². The van der Waals surface area contributed by atoms with Gasteiger partial charge in [0.1, 0.15) is 6.04 Å². The number of rotatable bonds is 4. The molecule has 4 amide bonds. The molecular weight excluding hydrogens is 370 g/mol. The van der Waals surface area contributed by atoms with E-state index in [1.54, 1.807) is 47.4 Å². The minimum Gasteiger partial charge on any atom is -0.324 e. The van der Waals surface area contributed by atoms with E-state index in [2.05, 4.69) is 5.32 Å². The Labute approximate surface area is 168 Å². The van der Waals surface area contributed by atoms with Gasteiger partial charge in [0.15, 0.2) is 0 Å². The van der Waals surface area contributed by atoms with E-state index in [4.69, 9.17) is 0 Å². The van der Waals surface area contributed by atoms with Crippen molar-refractivity contribution in [1.82, 2.24) is 4.90 Å². The van der Waals surface area contributed by atoms with Crippen LogP contribution in [0, 0.1) is 6.92 Å². The van der Waals surface area contributed by atoms with Crippen molar-refractivity contribution in [1.29, 1.82) is 0 Å². The molecule has 0 bridgehead atoms. The average molecular weight is 391 g/mol. The van der Waals surface area contributed by atoms with Crippen LogP contribution in [0.5, 0.6) is 0 Å². The van der Waals surface area contributed by atoms with E-state index in [1.807, 2.05) is 6.92 Å². The number of carbonyl (C=O) groups is 4. The third-order valence-corrected chi connectivity index (χ3v) is 5.42. The Morgan fingerprint density at radius 1 is 1.03 bits per heavy atom. The molecule has 2 aromatic rings. The molecule has 1 N–H and O–H groups in total. The highest BCUT2D eigenvalue weighted by molar-refractivity contribution is 6.23. The zero-order chi connectivity index (χ0) is 20.7. The number of imide groups is 1. The van der Waals surface area contributed by atoms with E-state index >= 15 is 0 Å². The average Bonchev–Trinajstić information content (AvgIpc) is 3.23. The molecule has 2 aliphatic heterocycles. The fourth-order valence-electron chi connectivity index (χ4n) is 3.86. The molecule has 0 radical (unpaired) electrons. The van der Waals surface area contributed by atoms with Crippen LogP contribution in [0.4, 0.5) is 11.4 Å². The highest BCUT2D eigenvalue weighted by Crippen LogP contribution is 2.28. The molecule has 1 atom stereocenters. The standard InChI is InChI=1S/C22H21N3O4/c1-13-12-15(9-10-18(13)24-11-5-8-19(24)26)23-20(27)14(2)25-21(28)16-6-3-4-7-17(16)22(25)29/h3-4,6-7,9-10,12,14H,5,8,11H2,1-2H3,(H,23,27)/t14-/m1/s1. The van der Waals surface area contributed by atoms with Crippen LogP contribution in [0.15, 0.2) is 42.5 Å². The molecule has 2 aromatic carbocycles. The van der Waals surface area contributed by atoms with Crippen LogP contribution in [-0.2, 0) is 9.59 Å². The largest absolute Gasteiger partial charge is 0.324 e. The van der Waals surface area contributed by atoms with Crippen molar-refractivity contribution in [2.45, 2.75) is 32.7 Å². The van der Waals surface area contributed by atoms with Crippen LogP contribution in [0.3, 0.4) is 0 Å². The summed E-state index contributed by atoms with van der Waals surface area (Å²) in [6.07, 6.45) is 1.39. The molecular formula is C22H21N3O4. The number of nitrogens with one attached hydrogen (secondary N) is 1. The molecule has 2 aliphatic rings. The van der Waals surface area contributed by atoms with Gasteiger partial charge in [-0.05, 0) is 56.2 Å². The third-order valence-electron chi connectivity index (χ3n) is 5.42. The zero-order valence-electron chi connectivity index (χ0n) is 16.3. The minimum atomic E-state index is -0.956. The molecule has 0 aromatic heterocycles. The van der Waals surface area contributed by atoms with Crippen LogP contribution in [0.2, 0.25) is 0 Å². The topological polar surface area (TPSA) is 86.8 Å². The Balaban J connectivity index is 1.50. The van der Waals surface area contributed by atoms with Gasteiger partial charge in [0.05, 0.1) is 11.1 Å². The first-order valence-corrected chi connectivity index (χ1v) is 9.57. The molecule has 29 heavy (non-hydrogen) atoms. The van der Waals surface area contributed by atoms with Gasteiger partial charge < -0.3 is 10.2 Å². The lowest BCUT2D eigenvalue weighted by molar-refractivity contribution is -0.119. The monoisotopic (exact) mass is 391 g/mol. The van der Waals surface area contributed by atoms with E-state index in [9.17, 15) is 19.2 Å². The Morgan fingerprint density at radius 3 is 2.24 bits per heavy atom. The van der Waals surface area contributed by atoms with Crippen LogP contribution < -0.4 is 10.2 Å². The Hall–Kier alpha value is -3.48. The van der Waals surface area contributed by atoms with Crippen LogP contribution in [0.25, 0.3) is 0 Å². The number of benzene rings is 2. The molecule has 148 valence electrons. The first kappa shape index (κ1) is 18.9. The Kier molecular flexibility index (Phi) is 4.66. The van der Waals surface area contributed by atoms with Crippen LogP contribution >= 0.6 is 0 Å². The van der Waals surface area contributed by atoms with Gasteiger partial charge in [-0.15, -0.1) is 0 Å². The summed E-state index contributed by atoms with van der Waals surface area (Å²) < 4.78 is 0. The molecule has 2 heterocycles. The second-order valence-electron chi connectivity index (χ2n) is 7.34. The molecule has 0 saturated carbocycles. The maximum atomic E-state index is 12.7. The van der Waals surface area contributed by atoms with Gasteiger partial charge in [-0.25, -0.2) is 0 Å². The highest BCUT2D eigenvalue weighted by Gasteiger charge is 2.40. The summed E-state index contributed by atoms with van der Waals surface area (Å²) in [5.74, 6) is -1.28. The van der Waals surface area contributed by atoms with E-state index in [-0.39, 0.29) is 5.91 Å². The summed E-state index contributed by atoms with van der Waals surface area (Å²) in [5.41, 5.74) is 2.87. The molecule has 0 unspecified atom stereocenters. The number of fused-ring (bicyclic) bond motifs is 1. The number of amides is 4. The van der Waals surface area contributed by atoms with Gasteiger partial charge in [-0.2, -0.15) is 0 Å². The molecule has 0 aliphatic carbocycles. The second-order valence-corrected chi connectivity index (χ2v) is 7.34. The maximum absolute atomic E-state index is 12.7. The minimum absolute atomic E-state index is 0.101. The van der Waals surface area contributed by atoms with Gasteiger partial charge in [0.2, 0.25) is 11.8 Å². The molecule has 7 heteroatoms. The normalized spacial score (nSPS) is 17.0. The van der Waals surface area contributed by atoms with Crippen molar-refractivity contribution in [3.05, 3.63) is 59.2 Å². The number of nitrogens with zero attached hydrogens (tertiary/aromatic N) is 2. The number of aryl methyl sites for hydroxylation is 1. The molecule has 4 rings (SSSR count). The van der Waals surface area contributed by atoms with E-state index < -0.39 is 23.8 Å². The predicted molar refractivity (Wildman–Crippen MR) is 108 cm³/mol. The van der Waals surface area contributed by atoms with Crippen molar-refractivity contribution in [3.8, 4) is 0 Å². The van der Waals surface area contributed by atoms with Crippen LogP contribution in [0.1, 0.15) is 46.0 Å². The van der Waals surface area contributed by atoms with Crippen LogP contribution in [-0.4, -0.2) is 41.1 Å². The SMILES string of the molecule is Cc1cc(NC(=O)[C@@H](C)N2C(=O)c3ccccc3C2=O)ccc1N1CCCC1=O. The van der Waals surface area contributed by atoms with Crippen molar-refractivity contribution in [3.63, 3.8) is 0 Å². The smallest absolute Gasteiger partial charge is 0.262 e. The summed E-state index contributed by atoms with van der Waals surface area (Å²) in [5, 5.41) is 2.77. The fraction of sp³-hybridized carbons (Fsp3) is 0.273. The van der Waals surface area contributed by atoms with Gasteiger partial charge >= 0.3 is 0 Å². The second kappa shape index (κ2) is 7.16. The van der Waals surface area contributed by atoms with E-state index in [0.717, 1.165) is 22.6 Å². The van der Waals surface area contributed by atoms with Crippen molar-refractivity contribution < 1.29 is 19.2 Å². The third kappa shape index (κ3) is 3.18. The summed E-state index contributed by atoms with van der Waals surface area (Å²) in [6, 6.07) is 10.9. The summed E-state index contributed by atoms with van der Waals surface area (Å²) in [7, 11) is 0. The van der Waals surface area contributed by atoms with E-state index in [0.29, 0.717) is 29.8 Å². The number of carbonyl (C=O) groups excluding carboxylic acids is 4. The zero-order valence-corrected chi connectivity index (χ0v) is 16.3. The fourth-order valence-corrected chi connectivity index (χ4v) is 3.86. The molecule has 1 fully saturated rings. The molecule has 0 spiro atoms. The van der Waals surface area contributed by atoms with Gasteiger partial charge in [-0.3, -0.25) is 24.1 Å². The number of hydrogen-bond donors (Lipinski definition) is 1. The summed E-state index contributed by atoms with van der Waals surface area (Å²) >= 11 is 0. The molecule has 1 saturated heterocycles. The lowest BCUT2D eigenvalue weighted by Crippen LogP contribution is -2.45. The first-order chi connectivity index (χ1) is 13.9. The lowest BCUT2D eigenvalue weighted by Gasteiger charge is -2.22. The quantitative estimate of drug-likeness (QED) is 0.812. The predicted octanol–water partition coefficient (Wildman–Crippen LogP) is 2.75. The number of hydrogen-bond acceptors (Lipinski definition) is 4. The lowest BCUT2D eigenvalue weighted by atomic mass is 10.1. The van der Waals surface area contributed by atoms with Crippen molar-refractivity contribution in [2.24, 2.45) is 0 Å². The van der Waals surface area contributed by atoms with Crippen molar-refractivity contribution in [2.75, 3.05) is 16.8 Å². The maximum Gasteiger partial charge on any atom is 0.262 e. The highest BCUT2D eigenvalue weighted by atomic mass is 16.2. The Morgan fingerprint density at radius 2 is 1.69 bits per heavy atom. The van der Waals surface area contributed by atoms with Gasteiger partial charge in [-0.1, -0.05) is 12.1 Å². The summed E-state index contributed by atoms with van der Waals surface area (Å²) in [4.78, 5) is 52.6. The van der Waals surface area contributed by atoms with E-state index in [1.165, 1.54) is 6.92 Å².